The van der Waals surface area contributed by atoms with Crippen molar-refractivity contribution in [2.24, 2.45) is 0 Å². The fourth-order valence-corrected chi connectivity index (χ4v) is 6.10. The molecule has 1 heterocycles. The van der Waals surface area contributed by atoms with Crippen molar-refractivity contribution in [3.05, 3.63) is 0 Å². The summed E-state index contributed by atoms with van der Waals surface area (Å²) in [5.74, 6) is -0.148. The van der Waals surface area contributed by atoms with Gasteiger partial charge in [0.25, 0.3) is 0 Å². The van der Waals surface area contributed by atoms with E-state index in [0.717, 1.165) is 38.5 Å². The molecule has 1 fully saturated rings. The summed E-state index contributed by atoms with van der Waals surface area (Å²) < 4.78 is 11.2. The van der Waals surface area contributed by atoms with E-state index in [0.29, 0.717) is 12.8 Å². The van der Waals surface area contributed by atoms with Gasteiger partial charge in [-0.2, -0.15) is 0 Å². The van der Waals surface area contributed by atoms with Gasteiger partial charge in [-0.05, 0) is 12.8 Å². The fourth-order valence-electron chi connectivity index (χ4n) is 6.10. The van der Waals surface area contributed by atoms with Gasteiger partial charge >= 0.3 is 0 Å². The van der Waals surface area contributed by atoms with Crippen LogP contribution in [0.15, 0.2) is 0 Å². The number of aliphatic hydroxyl groups is 5. The summed E-state index contributed by atoms with van der Waals surface area (Å²) in [4.78, 5) is 12.8. The average molecular weight is 646 g/mol. The first-order valence-corrected chi connectivity index (χ1v) is 18.7. The quantitative estimate of drug-likeness (QED) is 0.0517. The number of unbranched alkanes of at least 4 members (excludes halogenated alkanes) is 20. The first kappa shape index (κ1) is 42.2. The molecule has 1 aliphatic rings. The van der Waals surface area contributed by atoms with E-state index in [2.05, 4.69) is 19.2 Å². The molecule has 268 valence electrons. The van der Waals surface area contributed by atoms with Crippen molar-refractivity contribution < 1.29 is 39.8 Å². The minimum Gasteiger partial charge on any atom is -0.394 e. The van der Waals surface area contributed by atoms with Crippen molar-refractivity contribution in [1.82, 2.24) is 5.32 Å². The van der Waals surface area contributed by atoms with Crippen LogP contribution in [0.1, 0.15) is 168 Å². The largest absolute Gasteiger partial charge is 0.394 e. The number of amides is 1. The Kier molecular flexibility index (Phi) is 26.5. The van der Waals surface area contributed by atoms with Gasteiger partial charge in [-0.25, -0.2) is 0 Å². The highest BCUT2D eigenvalue weighted by Gasteiger charge is 2.44. The second-order valence-electron chi connectivity index (χ2n) is 13.4. The molecule has 0 bridgehead atoms. The van der Waals surface area contributed by atoms with E-state index in [-0.39, 0.29) is 12.5 Å². The van der Waals surface area contributed by atoms with Gasteiger partial charge in [-0.15, -0.1) is 0 Å². The van der Waals surface area contributed by atoms with Crippen LogP contribution in [-0.2, 0) is 14.3 Å². The zero-order chi connectivity index (χ0) is 33.1. The molecule has 0 spiro atoms. The fraction of sp³-hybridized carbons (Fsp3) is 0.972. The molecule has 0 saturated carbocycles. The molecule has 1 rings (SSSR count). The smallest absolute Gasteiger partial charge is 0.220 e. The Morgan fingerprint density at radius 1 is 0.667 bits per heavy atom. The second kappa shape index (κ2) is 28.2. The van der Waals surface area contributed by atoms with E-state index >= 15 is 0 Å². The molecular weight excluding hydrogens is 574 g/mol. The lowest BCUT2D eigenvalue weighted by molar-refractivity contribution is -0.302. The summed E-state index contributed by atoms with van der Waals surface area (Å²) in [6, 6.07) is -0.708. The topological polar surface area (TPSA) is 149 Å². The van der Waals surface area contributed by atoms with Crippen LogP contribution in [0.3, 0.4) is 0 Å². The van der Waals surface area contributed by atoms with Crippen molar-refractivity contribution in [3.8, 4) is 0 Å². The Bertz CT molecular complexity index is 681. The summed E-state index contributed by atoms with van der Waals surface area (Å²) in [5.41, 5.74) is 0. The highest BCUT2D eigenvalue weighted by molar-refractivity contribution is 5.76. The first-order valence-electron chi connectivity index (χ1n) is 18.7. The van der Waals surface area contributed by atoms with Crippen molar-refractivity contribution >= 4 is 5.91 Å². The van der Waals surface area contributed by atoms with Crippen LogP contribution in [0.2, 0.25) is 0 Å². The third-order valence-electron chi connectivity index (χ3n) is 9.21. The average Bonchev–Trinajstić information content (AvgIpc) is 3.04. The molecule has 1 saturated heterocycles. The highest BCUT2D eigenvalue weighted by atomic mass is 16.7. The van der Waals surface area contributed by atoms with Gasteiger partial charge in [0.15, 0.2) is 6.29 Å². The standard InChI is InChI=1S/C36H71NO8/c1-3-5-7-9-11-13-14-15-16-18-19-21-23-25-30(39)29(28-44-36-35(43)34(42)33(41)31(27-38)45-36)37-32(40)26-24-22-20-17-12-10-8-6-4-2/h29-31,33-36,38-39,41-43H,3-28H2,1-2H3,(H,37,40)/t29-,30+,31+,33+,34?,35?,36+/m0/s1. The lowest BCUT2D eigenvalue weighted by atomic mass is 9.99. The Morgan fingerprint density at radius 2 is 1.11 bits per heavy atom. The number of ether oxygens (including phenoxy) is 2. The zero-order valence-corrected chi connectivity index (χ0v) is 28.9. The molecule has 7 atom stereocenters. The van der Waals surface area contributed by atoms with Crippen LogP contribution >= 0.6 is 0 Å². The molecule has 9 nitrogen and oxygen atoms in total. The molecule has 0 aliphatic carbocycles. The van der Waals surface area contributed by atoms with E-state index < -0.39 is 49.5 Å². The molecular formula is C36H71NO8. The van der Waals surface area contributed by atoms with E-state index in [1.807, 2.05) is 0 Å². The SMILES string of the molecule is CCCCCCCCCCCCCCC[C@@H](O)[C@H](CO[C@@H]1O[C@H](CO)[C@@H](O)C(O)C1O)NC(=O)CCCCCCCCCCC. The molecule has 1 amide bonds. The summed E-state index contributed by atoms with van der Waals surface area (Å²) in [5, 5.41) is 53.9. The lowest BCUT2D eigenvalue weighted by Crippen LogP contribution is -2.60. The van der Waals surface area contributed by atoms with Crippen molar-refractivity contribution in [2.45, 2.75) is 211 Å². The molecule has 45 heavy (non-hydrogen) atoms. The van der Waals surface area contributed by atoms with Crippen LogP contribution in [0, 0.1) is 0 Å². The monoisotopic (exact) mass is 646 g/mol. The Hall–Kier alpha value is -0.810. The normalized spacial score (nSPS) is 23.2. The number of nitrogens with one attached hydrogen (secondary N) is 1. The van der Waals surface area contributed by atoms with Crippen LogP contribution in [0.4, 0.5) is 0 Å². The maximum absolute atomic E-state index is 12.8. The van der Waals surface area contributed by atoms with Crippen LogP contribution in [-0.4, -0.2) is 87.5 Å². The van der Waals surface area contributed by atoms with Crippen molar-refractivity contribution in [3.63, 3.8) is 0 Å². The van der Waals surface area contributed by atoms with Gasteiger partial charge in [-0.1, -0.05) is 149 Å². The van der Waals surface area contributed by atoms with Gasteiger partial charge in [-0.3, -0.25) is 4.79 Å². The van der Waals surface area contributed by atoms with E-state index in [1.165, 1.54) is 103 Å². The van der Waals surface area contributed by atoms with Gasteiger partial charge < -0.3 is 40.3 Å². The number of carbonyl (C=O) groups excluding carboxylic acids is 1. The Labute approximate surface area is 274 Å². The molecule has 0 aromatic rings. The minimum atomic E-state index is -1.55. The highest BCUT2D eigenvalue weighted by Crippen LogP contribution is 2.23. The third-order valence-corrected chi connectivity index (χ3v) is 9.21. The van der Waals surface area contributed by atoms with Gasteiger partial charge in [0.1, 0.15) is 24.4 Å². The molecule has 2 unspecified atom stereocenters. The number of aliphatic hydroxyl groups excluding tert-OH is 5. The van der Waals surface area contributed by atoms with Crippen LogP contribution in [0.25, 0.3) is 0 Å². The number of rotatable bonds is 30. The maximum atomic E-state index is 12.8. The van der Waals surface area contributed by atoms with Gasteiger partial charge in [0, 0.05) is 6.42 Å². The number of carbonyl (C=O) groups is 1. The summed E-state index contributed by atoms with van der Waals surface area (Å²) in [7, 11) is 0. The number of hydrogen-bond donors (Lipinski definition) is 6. The molecule has 0 radical (unpaired) electrons. The summed E-state index contributed by atoms with van der Waals surface area (Å²) in [6.45, 7) is 3.78. The minimum absolute atomic E-state index is 0.133. The first-order chi connectivity index (χ1) is 21.8. The summed E-state index contributed by atoms with van der Waals surface area (Å²) >= 11 is 0. The van der Waals surface area contributed by atoms with Crippen LogP contribution in [0.5, 0.6) is 0 Å². The third kappa shape index (κ3) is 20.2. The van der Waals surface area contributed by atoms with Crippen molar-refractivity contribution in [1.29, 1.82) is 0 Å². The summed E-state index contributed by atoms with van der Waals surface area (Å²) in [6.07, 6.45) is 19.7. The Morgan fingerprint density at radius 3 is 1.58 bits per heavy atom. The predicted octanol–water partition coefficient (Wildman–Crippen LogP) is 6.05. The lowest BCUT2D eigenvalue weighted by Gasteiger charge is -2.40. The maximum Gasteiger partial charge on any atom is 0.220 e. The van der Waals surface area contributed by atoms with E-state index in [9.17, 15) is 30.3 Å². The van der Waals surface area contributed by atoms with Crippen molar-refractivity contribution in [2.75, 3.05) is 13.2 Å². The van der Waals surface area contributed by atoms with E-state index in [1.54, 1.807) is 0 Å². The molecule has 0 aromatic heterocycles. The second-order valence-corrected chi connectivity index (χ2v) is 13.4. The predicted molar refractivity (Wildman–Crippen MR) is 180 cm³/mol. The molecule has 9 heteroatoms. The number of hydrogen-bond acceptors (Lipinski definition) is 8. The molecule has 6 N–H and O–H groups in total. The van der Waals surface area contributed by atoms with Crippen LogP contribution < -0.4 is 5.32 Å². The molecule has 1 aliphatic heterocycles. The Balaban J connectivity index is 2.43. The van der Waals surface area contributed by atoms with Gasteiger partial charge in [0.2, 0.25) is 5.91 Å². The molecule has 0 aromatic carbocycles. The van der Waals surface area contributed by atoms with Gasteiger partial charge in [0.05, 0.1) is 25.4 Å². The zero-order valence-electron chi connectivity index (χ0n) is 28.9. The van der Waals surface area contributed by atoms with E-state index in [4.69, 9.17) is 9.47 Å².